The molecule has 0 aromatic carbocycles. The Labute approximate surface area is 79.8 Å². The molecule has 0 radical (unpaired) electrons. The molecule has 0 fully saturated rings. The Balaban J connectivity index is 3.87. The highest BCUT2D eigenvalue weighted by molar-refractivity contribution is 5.69. The highest BCUT2D eigenvalue weighted by Gasteiger charge is 2.19. The number of aliphatic carboxylic acids is 1. The van der Waals surface area contributed by atoms with E-state index in [4.69, 9.17) is 5.11 Å². The largest absolute Gasteiger partial charge is 0.481 e. The molecule has 0 bridgehead atoms. The number of rotatable bonds is 7. The molecule has 2 N–H and O–H groups in total. The van der Waals surface area contributed by atoms with E-state index in [9.17, 15) is 9.90 Å². The highest BCUT2D eigenvalue weighted by atomic mass is 16.4. The number of carbonyl (C=O) groups is 1. The molecule has 0 aliphatic rings. The summed E-state index contributed by atoms with van der Waals surface area (Å²) < 4.78 is 0. The van der Waals surface area contributed by atoms with Crippen LogP contribution in [-0.2, 0) is 4.79 Å². The third-order valence-corrected chi connectivity index (χ3v) is 2.28. The minimum Gasteiger partial charge on any atom is -0.481 e. The van der Waals surface area contributed by atoms with Crippen LogP contribution in [0.15, 0.2) is 0 Å². The third-order valence-electron chi connectivity index (χ3n) is 2.28. The van der Waals surface area contributed by atoms with Gasteiger partial charge < -0.3 is 10.2 Å². The second kappa shape index (κ2) is 6.89. The van der Waals surface area contributed by atoms with Gasteiger partial charge in [-0.15, -0.1) is 0 Å². The van der Waals surface area contributed by atoms with Gasteiger partial charge in [-0.2, -0.15) is 0 Å². The van der Waals surface area contributed by atoms with Gasteiger partial charge in [-0.3, -0.25) is 4.79 Å². The molecule has 0 aliphatic heterocycles. The summed E-state index contributed by atoms with van der Waals surface area (Å²) in [4.78, 5) is 10.7. The zero-order chi connectivity index (χ0) is 10.3. The van der Waals surface area contributed by atoms with Gasteiger partial charge in [-0.25, -0.2) is 0 Å². The van der Waals surface area contributed by atoms with Crippen molar-refractivity contribution in [3.63, 3.8) is 0 Å². The first-order chi connectivity index (χ1) is 6.11. The number of aliphatic hydroxyl groups excluding tert-OH is 1. The van der Waals surface area contributed by atoms with Crippen molar-refractivity contribution < 1.29 is 15.0 Å². The van der Waals surface area contributed by atoms with Crippen LogP contribution in [0.3, 0.4) is 0 Å². The summed E-state index contributed by atoms with van der Waals surface area (Å²) in [5.74, 6) is -1.14. The second-order valence-corrected chi connectivity index (χ2v) is 3.48. The molecule has 0 spiro atoms. The number of carboxylic acid groups (broad SMARTS) is 1. The van der Waals surface area contributed by atoms with Crippen molar-refractivity contribution in [1.29, 1.82) is 0 Å². The lowest BCUT2D eigenvalue weighted by atomic mass is 9.95. The molecule has 0 aromatic rings. The summed E-state index contributed by atoms with van der Waals surface area (Å²) >= 11 is 0. The first-order valence-electron chi connectivity index (χ1n) is 5.02. The molecule has 78 valence electrons. The second-order valence-electron chi connectivity index (χ2n) is 3.48. The predicted molar refractivity (Wildman–Crippen MR) is 51.6 cm³/mol. The summed E-state index contributed by atoms with van der Waals surface area (Å²) in [5.41, 5.74) is 0. The molecule has 3 heteroatoms. The van der Waals surface area contributed by atoms with Gasteiger partial charge in [0.15, 0.2) is 0 Å². The van der Waals surface area contributed by atoms with Crippen LogP contribution in [0.5, 0.6) is 0 Å². The lowest BCUT2D eigenvalue weighted by molar-refractivity contribution is -0.143. The molecular formula is C10H20O3. The molecule has 0 aliphatic carbocycles. The Hall–Kier alpha value is -0.570. The maximum Gasteiger partial charge on any atom is 0.306 e. The van der Waals surface area contributed by atoms with Gasteiger partial charge in [0.1, 0.15) is 0 Å². The monoisotopic (exact) mass is 188 g/mol. The fourth-order valence-electron chi connectivity index (χ4n) is 1.29. The van der Waals surface area contributed by atoms with Crippen molar-refractivity contribution in [3.05, 3.63) is 0 Å². The molecule has 2 unspecified atom stereocenters. The first-order valence-corrected chi connectivity index (χ1v) is 5.02. The zero-order valence-electron chi connectivity index (χ0n) is 8.49. The molecular weight excluding hydrogens is 168 g/mol. The van der Waals surface area contributed by atoms with E-state index in [0.717, 1.165) is 12.8 Å². The van der Waals surface area contributed by atoms with Crippen molar-refractivity contribution in [2.45, 2.75) is 52.1 Å². The third kappa shape index (κ3) is 5.64. The fourth-order valence-corrected chi connectivity index (χ4v) is 1.29. The average molecular weight is 188 g/mol. The number of aliphatic hydroxyl groups is 1. The summed E-state index contributed by atoms with van der Waals surface area (Å²) in [6.07, 6.45) is 3.18. The number of hydrogen-bond acceptors (Lipinski definition) is 2. The fraction of sp³-hybridized carbons (Fsp3) is 0.900. The smallest absolute Gasteiger partial charge is 0.306 e. The molecule has 2 atom stereocenters. The standard InChI is InChI=1S/C10H20O3/c1-3-5-6-8(10(12)13)7-9(11)4-2/h8-9,11H,3-7H2,1-2H3,(H,12,13). The van der Waals surface area contributed by atoms with Crippen molar-refractivity contribution in [1.82, 2.24) is 0 Å². The molecule has 13 heavy (non-hydrogen) atoms. The normalized spacial score (nSPS) is 15.3. The lowest BCUT2D eigenvalue weighted by Gasteiger charge is -2.14. The van der Waals surface area contributed by atoms with Crippen molar-refractivity contribution in [3.8, 4) is 0 Å². The van der Waals surface area contributed by atoms with Crippen LogP contribution in [-0.4, -0.2) is 22.3 Å². The van der Waals surface area contributed by atoms with E-state index in [1.165, 1.54) is 0 Å². The van der Waals surface area contributed by atoms with E-state index in [1.54, 1.807) is 0 Å². The maximum absolute atomic E-state index is 10.7. The predicted octanol–water partition coefficient (Wildman–Crippen LogP) is 2.04. The highest BCUT2D eigenvalue weighted by Crippen LogP contribution is 2.16. The number of hydrogen-bond donors (Lipinski definition) is 2. The van der Waals surface area contributed by atoms with Gasteiger partial charge in [-0.05, 0) is 19.3 Å². The van der Waals surface area contributed by atoms with Crippen LogP contribution in [0.4, 0.5) is 0 Å². The van der Waals surface area contributed by atoms with E-state index >= 15 is 0 Å². The summed E-state index contributed by atoms with van der Waals surface area (Å²) in [6.45, 7) is 3.90. The van der Waals surface area contributed by atoms with Gasteiger partial charge in [0.2, 0.25) is 0 Å². The summed E-state index contributed by atoms with van der Waals surface area (Å²) in [6, 6.07) is 0. The Bertz CT molecular complexity index is 145. The molecule has 0 amide bonds. The van der Waals surface area contributed by atoms with E-state index in [1.807, 2.05) is 13.8 Å². The van der Waals surface area contributed by atoms with E-state index in [2.05, 4.69) is 0 Å². The van der Waals surface area contributed by atoms with Crippen LogP contribution >= 0.6 is 0 Å². The van der Waals surface area contributed by atoms with E-state index in [0.29, 0.717) is 19.3 Å². The number of carboxylic acids is 1. The summed E-state index contributed by atoms with van der Waals surface area (Å²) in [5, 5.41) is 18.1. The Kier molecular flexibility index (Phi) is 6.59. The van der Waals surface area contributed by atoms with Crippen molar-refractivity contribution in [2.24, 2.45) is 5.92 Å². The Morgan fingerprint density at radius 1 is 1.38 bits per heavy atom. The lowest BCUT2D eigenvalue weighted by Crippen LogP contribution is -2.20. The quantitative estimate of drug-likeness (QED) is 0.642. The van der Waals surface area contributed by atoms with Crippen LogP contribution in [0.1, 0.15) is 46.0 Å². The van der Waals surface area contributed by atoms with E-state index < -0.39 is 12.1 Å². The average Bonchev–Trinajstić information content (AvgIpc) is 2.11. The Morgan fingerprint density at radius 3 is 2.38 bits per heavy atom. The molecule has 0 saturated heterocycles. The van der Waals surface area contributed by atoms with Gasteiger partial charge in [0.05, 0.1) is 12.0 Å². The zero-order valence-corrected chi connectivity index (χ0v) is 8.49. The molecule has 0 saturated carbocycles. The first kappa shape index (κ1) is 12.4. The summed E-state index contributed by atoms with van der Waals surface area (Å²) in [7, 11) is 0. The Morgan fingerprint density at radius 2 is 2.00 bits per heavy atom. The minimum atomic E-state index is -0.777. The molecule has 3 nitrogen and oxygen atoms in total. The van der Waals surface area contributed by atoms with Gasteiger partial charge >= 0.3 is 5.97 Å². The maximum atomic E-state index is 10.7. The van der Waals surface area contributed by atoms with Gasteiger partial charge in [0.25, 0.3) is 0 Å². The van der Waals surface area contributed by atoms with Crippen LogP contribution in [0.25, 0.3) is 0 Å². The van der Waals surface area contributed by atoms with Crippen molar-refractivity contribution in [2.75, 3.05) is 0 Å². The van der Waals surface area contributed by atoms with E-state index in [-0.39, 0.29) is 5.92 Å². The van der Waals surface area contributed by atoms with Crippen LogP contribution in [0.2, 0.25) is 0 Å². The van der Waals surface area contributed by atoms with Crippen LogP contribution in [0, 0.1) is 5.92 Å². The van der Waals surface area contributed by atoms with Crippen LogP contribution < -0.4 is 0 Å². The number of unbranched alkanes of at least 4 members (excludes halogenated alkanes) is 1. The molecule has 0 rings (SSSR count). The molecule has 0 heterocycles. The topological polar surface area (TPSA) is 57.5 Å². The van der Waals surface area contributed by atoms with Gasteiger partial charge in [0, 0.05) is 0 Å². The minimum absolute atomic E-state index is 0.366. The van der Waals surface area contributed by atoms with Crippen molar-refractivity contribution >= 4 is 5.97 Å². The molecule has 0 aromatic heterocycles. The SMILES string of the molecule is CCCCC(CC(O)CC)C(=O)O. The van der Waals surface area contributed by atoms with Gasteiger partial charge in [-0.1, -0.05) is 26.7 Å².